The number of aryl methyl sites for hydroxylation is 1. The van der Waals surface area contributed by atoms with Gasteiger partial charge in [0.1, 0.15) is 0 Å². The van der Waals surface area contributed by atoms with E-state index in [4.69, 9.17) is 5.73 Å². The average Bonchev–Trinajstić information content (AvgIpc) is 2.69. The number of rotatable bonds is 6. The van der Waals surface area contributed by atoms with Crippen molar-refractivity contribution in [2.75, 3.05) is 6.54 Å². The van der Waals surface area contributed by atoms with Gasteiger partial charge >= 0.3 is 0 Å². The number of hydrogen-bond donors (Lipinski definition) is 2. The molecule has 0 saturated carbocycles. The van der Waals surface area contributed by atoms with Crippen LogP contribution in [-0.2, 0) is 23.6 Å². The minimum Gasteiger partial charge on any atom is -0.352 e. The molecule has 0 unspecified atom stereocenters. The molecule has 0 saturated heterocycles. The van der Waals surface area contributed by atoms with Gasteiger partial charge in [-0.3, -0.25) is 0 Å². The minimum absolute atomic E-state index is 0.0431. The highest BCUT2D eigenvalue weighted by Crippen LogP contribution is 2.20. The second-order valence-electron chi connectivity index (χ2n) is 5.32. The van der Waals surface area contributed by atoms with E-state index in [1.165, 1.54) is 0 Å². The second-order valence-corrected chi connectivity index (χ2v) is 7.09. The number of hydrogen-bond acceptors (Lipinski definition) is 3. The van der Waals surface area contributed by atoms with Gasteiger partial charge in [-0.15, -0.1) is 0 Å². The van der Waals surface area contributed by atoms with Crippen LogP contribution in [-0.4, -0.2) is 19.5 Å². The molecule has 0 aliphatic carbocycles. The molecule has 0 amide bonds. The lowest BCUT2D eigenvalue weighted by molar-refractivity contribution is 0.350. The maximum absolute atomic E-state index is 12.1. The lowest BCUT2D eigenvalue weighted by atomic mass is 9.91. The van der Waals surface area contributed by atoms with Crippen molar-refractivity contribution in [3.05, 3.63) is 18.0 Å². The zero-order valence-corrected chi connectivity index (χ0v) is 12.3. The molecule has 6 heteroatoms. The fraction of sp³-hybridized carbons (Fsp3) is 0.667. The molecule has 104 valence electrons. The third kappa shape index (κ3) is 3.57. The maximum Gasteiger partial charge on any atom is 0.242 e. The summed E-state index contributed by atoms with van der Waals surface area (Å²) in [5, 5.41) is 0. The largest absolute Gasteiger partial charge is 0.352 e. The highest BCUT2D eigenvalue weighted by Gasteiger charge is 2.22. The van der Waals surface area contributed by atoms with Crippen LogP contribution in [0.4, 0.5) is 0 Å². The van der Waals surface area contributed by atoms with Gasteiger partial charge in [-0.25, -0.2) is 13.1 Å². The summed E-state index contributed by atoms with van der Waals surface area (Å²) in [6, 6.07) is 1.61. The van der Waals surface area contributed by atoms with E-state index in [0.717, 1.165) is 12.1 Å². The monoisotopic (exact) mass is 273 g/mol. The first-order valence-electron chi connectivity index (χ1n) is 6.07. The van der Waals surface area contributed by atoms with Crippen molar-refractivity contribution < 1.29 is 8.42 Å². The molecule has 0 aromatic carbocycles. The summed E-state index contributed by atoms with van der Waals surface area (Å²) in [4.78, 5) is 0.275. The maximum atomic E-state index is 12.1. The van der Waals surface area contributed by atoms with Crippen LogP contribution in [0.2, 0.25) is 0 Å². The van der Waals surface area contributed by atoms with Crippen molar-refractivity contribution in [1.82, 2.24) is 9.29 Å². The van der Waals surface area contributed by atoms with Crippen LogP contribution >= 0.6 is 0 Å². The van der Waals surface area contributed by atoms with Gasteiger partial charge in [-0.2, -0.15) is 0 Å². The summed E-state index contributed by atoms with van der Waals surface area (Å²) in [5.41, 5.74) is 6.29. The Morgan fingerprint density at radius 3 is 2.50 bits per heavy atom. The lowest BCUT2D eigenvalue weighted by Gasteiger charge is -2.22. The van der Waals surface area contributed by atoms with E-state index in [0.29, 0.717) is 13.1 Å². The molecule has 0 aliphatic rings. The fourth-order valence-corrected chi connectivity index (χ4v) is 2.76. The molecular weight excluding hydrogens is 250 g/mol. The van der Waals surface area contributed by atoms with E-state index in [1.807, 2.05) is 20.8 Å². The molecule has 0 aliphatic heterocycles. The molecule has 18 heavy (non-hydrogen) atoms. The van der Waals surface area contributed by atoms with E-state index in [1.54, 1.807) is 23.9 Å². The molecular formula is C12H23N3O2S. The number of nitrogens with one attached hydrogen (secondary N) is 1. The van der Waals surface area contributed by atoms with Gasteiger partial charge in [0.05, 0.1) is 4.90 Å². The molecule has 5 nitrogen and oxygen atoms in total. The number of aromatic nitrogens is 1. The predicted octanol–water partition coefficient (Wildman–Crippen LogP) is 1.20. The summed E-state index contributed by atoms with van der Waals surface area (Å²) in [7, 11) is -1.65. The molecule has 1 aromatic rings. The zero-order valence-electron chi connectivity index (χ0n) is 11.5. The number of nitrogens with zero attached hydrogens (tertiary/aromatic N) is 1. The van der Waals surface area contributed by atoms with Crippen LogP contribution in [0.25, 0.3) is 0 Å². The lowest BCUT2D eigenvalue weighted by Crippen LogP contribution is -2.33. The second kappa shape index (κ2) is 5.42. The molecule has 1 heterocycles. The Morgan fingerprint density at radius 2 is 2.06 bits per heavy atom. The SMILES string of the molecule is CCC(C)(C)CNS(=O)(=O)c1cc(CN)n(C)c1. The molecule has 1 rings (SSSR count). The highest BCUT2D eigenvalue weighted by atomic mass is 32.2. The summed E-state index contributed by atoms with van der Waals surface area (Å²) < 4.78 is 28.6. The minimum atomic E-state index is -3.44. The number of sulfonamides is 1. The number of nitrogens with two attached hydrogens (primary N) is 1. The van der Waals surface area contributed by atoms with Crippen LogP contribution in [0.5, 0.6) is 0 Å². The van der Waals surface area contributed by atoms with E-state index < -0.39 is 10.0 Å². The molecule has 0 bridgehead atoms. The van der Waals surface area contributed by atoms with Gasteiger partial charge in [0.2, 0.25) is 10.0 Å². The third-order valence-corrected chi connectivity index (χ3v) is 4.67. The van der Waals surface area contributed by atoms with Crippen LogP contribution in [0.1, 0.15) is 32.9 Å². The van der Waals surface area contributed by atoms with E-state index in [9.17, 15) is 8.42 Å². The standard InChI is InChI=1S/C12H23N3O2S/c1-5-12(2,3)9-14-18(16,17)11-6-10(7-13)15(4)8-11/h6,8,14H,5,7,9,13H2,1-4H3. The van der Waals surface area contributed by atoms with Gasteiger partial charge in [0.15, 0.2) is 0 Å². The fourth-order valence-electron chi connectivity index (χ4n) is 1.43. The summed E-state index contributed by atoms with van der Waals surface area (Å²) in [6.45, 7) is 6.87. The van der Waals surface area contributed by atoms with E-state index in [-0.39, 0.29) is 10.3 Å². The summed E-state index contributed by atoms with van der Waals surface area (Å²) >= 11 is 0. The zero-order chi connectivity index (χ0) is 14.0. The predicted molar refractivity (Wildman–Crippen MR) is 72.6 cm³/mol. The molecule has 1 aromatic heterocycles. The Balaban J connectivity index is 2.86. The van der Waals surface area contributed by atoms with Crippen LogP contribution in [0, 0.1) is 5.41 Å². The van der Waals surface area contributed by atoms with Crippen molar-refractivity contribution in [1.29, 1.82) is 0 Å². The Labute approximate surface area is 109 Å². The van der Waals surface area contributed by atoms with Gasteiger partial charge in [0, 0.05) is 32.0 Å². The third-order valence-electron chi connectivity index (χ3n) is 3.30. The average molecular weight is 273 g/mol. The molecule has 0 fully saturated rings. The van der Waals surface area contributed by atoms with Crippen LogP contribution in [0.3, 0.4) is 0 Å². The van der Waals surface area contributed by atoms with Gasteiger partial charge in [-0.1, -0.05) is 20.8 Å². The Morgan fingerprint density at radius 1 is 1.44 bits per heavy atom. The van der Waals surface area contributed by atoms with Crippen molar-refractivity contribution in [2.24, 2.45) is 18.2 Å². The molecule has 3 N–H and O–H groups in total. The van der Waals surface area contributed by atoms with Crippen molar-refractivity contribution >= 4 is 10.0 Å². The van der Waals surface area contributed by atoms with Gasteiger partial charge < -0.3 is 10.3 Å². The topological polar surface area (TPSA) is 77.1 Å². The van der Waals surface area contributed by atoms with Crippen molar-refractivity contribution in [3.8, 4) is 0 Å². The first-order chi connectivity index (χ1) is 8.22. The smallest absolute Gasteiger partial charge is 0.242 e. The van der Waals surface area contributed by atoms with Crippen LogP contribution < -0.4 is 10.5 Å². The van der Waals surface area contributed by atoms with Crippen molar-refractivity contribution in [3.63, 3.8) is 0 Å². The summed E-state index contributed by atoms with van der Waals surface area (Å²) in [6.07, 6.45) is 2.50. The summed E-state index contributed by atoms with van der Waals surface area (Å²) in [5.74, 6) is 0. The van der Waals surface area contributed by atoms with Crippen molar-refractivity contribution in [2.45, 2.75) is 38.6 Å². The normalized spacial score (nSPS) is 12.9. The molecule has 0 atom stereocenters. The quantitative estimate of drug-likeness (QED) is 0.817. The highest BCUT2D eigenvalue weighted by molar-refractivity contribution is 7.89. The molecule has 0 spiro atoms. The van der Waals surface area contributed by atoms with Gasteiger partial charge in [0.25, 0.3) is 0 Å². The van der Waals surface area contributed by atoms with Gasteiger partial charge in [-0.05, 0) is 17.9 Å². The first kappa shape index (κ1) is 15.2. The first-order valence-corrected chi connectivity index (χ1v) is 7.55. The van der Waals surface area contributed by atoms with Crippen LogP contribution in [0.15, 0.2) is 17.2 Å². The van der Waals surface area contributed by atoms with E-state index >= 15 is 0 Å². The Bertz CT molecular complexity index is 503. The Hall–Kier alpha value is -0.850. The molecule has 0 radical (unpaired) electrons. The van der Waals surface area contributed by atoms with E-state index in [2.05, 4.69) is 4.72 Å². The Kier molecular flexibility index (Phi) is 4.58.